The fraction of sp³-hybridized carbons (Fsp3) is 0.529. The fourth-order valence-corrected chi connectivity index (χ4v) is 3.40. The van der Waals surface area contributed by atoms with Crippen LogP contribution in [0.25, 0.3) is 0 Å². The monoisotopic (exact) mass is 359 g/mol. The number of carbonyl (C=O) groups excluding carboxylic acids is 1. The first-order valence-corrected chi connectivity index (χ1v) is 7.70. The van der Waals surface area contributed by atoms with Crippen molar-refractivity contribution in [2.75, 3.05) is 0 Å². The van der Waals surface area contributed by atoms with Crippen LogP contribution in [-0.2, 0) is 16.1 Å². The lowest BCUT2D eigenvalue weighted by molar-refractivity contribution is -0.197. The van der Waals surface area contributed by atoms with E-state index in [4.69, 9.17) is 4.74 Å². The summed E-state index contributed by atoms with van der Waals surface area (Å²) in [6, 6.07) is 7.34. The summed E-state index contributed by atoms with van der Waals surface area (Å²) in [7, 11) is 0. The van der Waals surface area contributed by atoms with Crippen molar-refractivity contribution in [3.8, 4) is 0 Å². The summed E-state index contributed by atoms with van der Waals surface area (Å²) < 4.78 is 44.1. The highest BCUT2D eigenvalue weighted by molar-refractivity contribution is 5.86. The minimum atomic E-state index is -4.80. The number of halogens is 3. The molecule has 0 spiro atoms. The maximum Gasteiger partial charge on any atom is 0.411 e. The predicted octanol–water partition coefficient (Wildman–Crippen LogP) is 3.83. The first kappa shape index (κ1) is 19.1. The summed E-state index contributed by atoms with van der Waals surface area (Å²) in [6.07, 6.45) is -7.60. The van der Waals surface area contributed by atoms with Crippen LogP contribution in [0.3, 0.4) is 0 Å². The maximum absolute atomic E-state index is 13.1. The molecule has 1 fully saturated rings. The van der Waals surface area contributed by atoms with Gasteiger partial charge in [0.15, 0.2) is 0 Å². The first-order valence-electron chi connectivity index (χ1n) is 7.70. The molecule has 2 rings (SSSR count). The van der Waals surface area contributed by atoms with Crippen molar-refractivity contribution in [3.63, 3.8) is 0 Å². The summed E-state index contributed by atoms with van der Waals surface area (Å²) >= 11 is 0. The van der Waals surface area contributed by atoms with E-state index in [1.54, 1.807) is 51.1 Å². The van der Waals surface area contributed by atoms with Crippen molar-refractivity contribution >= 4 is 12.1 Å². The molecule has 1 aromatic rings. The Kier molecular flexibility index (Phi) is 4.76. The molecule has 0 bridgehead atoms. The average Bonchev–Trinajstić information content (AvgIpc) is 2.71. The van der Waals surface area contributed by atoms with Crippen LogP contribution in [0.5, 0.6) is 0 Å². The Balaban J connectivity index is 2.50. The first-order chi connectivity index (χ1) is 11.4. The van der Waals surface area contributed by atoms with Crippen molar-refractivity contribution in [2.45, 2.75) is 51.6 Å². The number of hydrogen-bond acceptors (Lipinski definition) is 3. The standard InChI is InChI=1S/C17H20F3NO4/c1-15(2,3)12-16(13(22)23,10-17(18,19)20)25-14(24)21(12)9-11-7-5-4-6-8-11/h4-8,12H,9-10H2,1-3H3,(H,22,23). The number of carboxylic acid groups (broad SMARTS) is 1. The van der Waals surface area contributed by atoms with Gasteiger partial charge in [0.05, 0.1) is 12.5 Å². The third kappa shape index (κ3) is 3.88. The third-order valence-corrected chi connectivity index (χ3v) is 4.10. The Morgan fingerprint density at radius 3 is 2.24 bits per heavy atom. The summed E-state index contributed by atoms with van der Waals surface area (Å²) in [5, 5.41) is 9.56. The van der Waals surface area contributed by atoms with E-state index in [1.807, 2.05) is 0 Å². The lowest BCUT2D eigenvalue weighted by Gasteiger charge is -2.40. The minimum Gasteiger partial charge on any atom is -0.478 e. The Labute approximate surface area is 143 Å². The van der Waals surface area contributed by atoms with E-state index in [-0.39, 0.29) is 6.54 Å². The second-order valence-corrected chi connectivity index (χ2v) is 7.24. The zero-order valence-electron chi connectivity index (χ0n) is 14.1. The van der Waals surface area contributed by atoms with Crippen molar-refractivity contribution < 1.29 is 32.6 Å². The van der Waals surface area contributed by atoms with Gasteiger partial charge in [-0.05, 0) is 11.0 Å². The molecule has 2 unspecified atom stereocenters. The number of ether oxygens (including phenoxy) is 1. The van der Waals surface area contributed by atoms with Crippen molar-refractivity contribution in [1.29, 1.82) is 0 Å². The Morgan fingerprint density at radius 1 is 1.24 bits per heavy atom. The highest BCUT2D eigenvalue weighted by atomic mass is 19.4. The lowest BCUT2D eigenvalue weighted by Crippen LogP contribution is -2.58. The number of hydrogen-bond donors (Lipinski definition) is 1. The van der Waals surface area contributed by atoms with Crippen LogP contribution in [0, 0.1) is 5.41 Å². The molecule has 138 valence electrons. The smallest absolute Gasteiger partial charge is 0.411 e. The lowest BCUT2D eigenvalue weighted by atomic mass is 9.74. The molecule has 2 atom stereocenters. The van der Waals surface area contributed by atoms with Gasteiger partial charge in [-0.3, -0.25) is 4.90 Å². The maximum atomic E-state index is 13.1. The van der Waals surface area contributed by atoms with Gasteiger partial charge in [0.2, 0.25) is 5.60 Å². The van der Waals surface area contributed by atoms with Gasteiger partial charge in [0, 0.05) is 6.54 Å². The number of carbonyl (C=O) groups is 2. The molecule has 0 saturated carbocycles. The van der Waals surface area contributed by atoms with E-state index in [1.165, 1.54) is 0 Å². The zero-order chi connectivity index (χ0) is 19.0. The quantitative estimate of drug-likeness (QED) is 0.887. The molecular weight excluding hydrogens is 339 g/mol. The second kappa shape index (κ2) is 6.24. The predicted molar refractivity (Wildman–Crippen MR) is 82.7 cm³/mol. The average molecular weight is 359 g/mol. The normalized spacial score (nSPS) is 24.3. The number of nitrogens with zero attached hydrogens (tertiary/aromatic N) is 1. The molecule has 0 aliphatic carbocycles. The second-order valence-electron chi connectivity index (χ2n) is 7.24. The molecule has 1 N–H and O–H groups in total. The fourth-order valence-electron chi connectivity index (χ4n) is 3.40. The number of carboxylic acids is 1. The van der Waals surface area contributed by atoms with Crippen LogP contribution in [-0.4, -0.2) is 39.9 Å². The van der Waals surface area contributed by atoms with Crippen molar-refractivity contribution in [3.05, 3.63) is 35.9 Å². The number of rotatable bonds is 4. The molecule has 1 aromatic carbocycles. The summed E-state index contributed by atoms with van der Waals surface area (Å²) in [6.45, 7) is 4.73. The van der Waals surface area contributed by atoms with E-state index in [0.717, 1.165) is 4.90 Å². The molecule has 1 heterocycles. The van der Waals surface area contributed by atoms with Gasteiger partial charge in [-0.2, -0.15) is 13.2 Å². The molecule has 1 amide bonds. The number of alkyl halides is 3. The van der Waals surface area contributed by atoms with Gasteiger partial charge in [0.25, 0.3) is 0 Å². The van der Waals surface area contributed by atoms with Crippen LogP contribution in [0.4, 0.5) is 18.0 Å². The van der Waals surface area contributed by atoms with Gasteiger partial charge < -0.3 is 9.84 Å². The van der Waals surface area contributed by atoms with E-state index >= 15 is 0 Å². The van der Waals surface area contributed by atoms with Gasteiger partial charge >= 0.3 is 18.2 Å². The van der Waals surface area contributed by atoms with Crippen LogP contribution in [0.15, 0.2) is 30.3 Å². The molecule has 5 nitrogen and oxygen atoms in total. The largest absolute Gasteiger partial charge is 0.478 e. The van der Waals surface area contributed by atoms with E-state index < -0.39 is 41.7 Å². The van der Waals surface area contributed by atoms with Gasteiger partial charge in [0.1, 0.15) is 0 Å². The van der Waals surface area contributed by atoms with Crippen LogP contribution in [0.1, 0.15) is 32.8 Å². The zero-order valence-corrected chi connectivity index (χ0v) is 14.1. The third-order valence-electron chi connectivity index (χ3n) is 4.10. The van der Waals surface area contributed by atoms with E-state index in [0.29, 0.717) is 5.56 Å². The van der Waals surface area contributed by atoms with Crippen molar-refractivity contribution in [1.82, 2.24) is 4.90 Å². The van der Waals surface area contributed by atoms with Gasteiger partial charge in [-0.15, -0.1) is 0 Å². The molecular formula is C17H20F3NO4. The molecule has 25 heavy (non-hydrogen) atoms. The summed E-state index contributed by atoms with van der Waals surface area (Å²) in [4.78, 5) is 25.2. The molecule has 8 heteroatoms. The Hall–Kier alpha value is -2.25. The topological polar surface area (TPSA) is 66.8 Å². The minimum absolute atomic E-state index is 0.0332. The SMILES string of the molecule is CC(C)(C)C1N(Cc2ccccc2)C(=O)OC1(CC(F)(F)F)C(=O)O. The number of benzene rings is 1. The van der Waals surface area contributed by atoms with E-state index in [9.17, 15) is 27.9 Å². The number of amides is 1. The van der Waals surface area contributed by atoms with Gasteiger partial charge in [-0.25, -0.2) is 9.59 Å². The van der Waals surface area contributed by atoms with Crippen LogP contribution >= 0.6 is 0 Å². The summed E-state index contributed by atoms with van der Waals surface area (Å²) in [5.41, 5.74) is -2.96. The number of cyclic esters (lactones) is 1. The molecule has 0 radical (unpaired) electrons. The Bertz CT molecular complexity index is 654. The van der Waals surface area contributed by atoms with Crippen LogP contribution in [0.2, 0.25) is 0 Å². The Morgan fingerprint density at radius 2 is 1.80 bits per heavy atom. The van der Waals surface area contributed by atoms with Crippen LogP contribution < -0.4 is 0 Å². The van der Waals surface area contributed by atoms with Gasteiger partial charge in [-0.1, -0.05) is 51.1 Å². The molecule has 1 saturated heterocycles. The number of aliphatic carboxylic acids is 1. The highest BCUT2D eigenvalue weighted by Crippen LogP contribution is 2.46. The highest BCUT2D eigenvalue weighted by Gasteiger charge is 2.66. The molecule has 1 aliphatic rings. The molecule has 1 aliphatic heterocycles. The van der Waals surface area contributed by atoms with Crippen molar-refractivity contribution in [2.24, 2.45) is 5.41 Å². The molecule has 0 aromatic heterocycles. The summed E-state index contributed by atoms with van der Waals surface area (Å²) in [5.74, 6) is -1.80. The van der Waals surface area contributed by atoms with E-state index in [2.05, 4.69) is 0 Å².